The largest absolute Gasteiger partial charge is 0.491 e. The number of benzene rings is 1. The van der Waals surface area contributed by atoms with Gasteiger partial charge in [0.25, 0.3) is 0 Å². The first-order chi connectivity index (χ1) is 9.41. The molecule has 0 aliphatic heterocycles. The monoisotopic (exact) mass is 301 g/mol. The summed E-state index contributed by atoms with van der Waals surface area (Å²) in [4.78, 5) is 0.261. The number of sulfonamides is 1. The average molecular weight is 301 g/mol. The molecule has 20 heavy (non-hydrogen) atoms. The van der Waals surface area contributed by atoms with Crippen LogP contribution in [-0.4, -0.2) is 44.1 Å². The third-order valence-corrected chi connectivity index (χ3v) is 4.70. The molecule has 0 fully saturated rings. The van der Waals surface area contributed by atoms with Gasteiger partial charge in [0.1, 0.15) is 12.4 Å². The van der Waals surface area contributed by atoms with E-state index in [1.165, 1.54) is 16.4 Å². The van der Waals surface area contributed by atoms with E-state index in [1.807, 2.05) is 20.8 Å². The zero-order valence-electron chi connectivity index (χ0n) is 12.2. The van der Waals surface area contributed by atoms with Gasteiger partial charge in [0.05, 0.1) is 11.5 Å². The predicted molar refractivity (Wildman–Crippen MR) is 78.3 cm³/mol. The van der Waals surface area contributed by atoms with Crippen LogP contribution in [-0.2, 0) is 10.0 Å². The molecule has 0 saturated carbocycles. The van der Waals surface area contributed by atoms with Gasteiger partial charge in [0.2, 0.25) is 10.0 Å². The number of aliphatic hydroxyl groups excluding tert-OH is 1. The maximum Gasteiger partial charge on any atom is 0.243 e. The first-order valence-electron chi connectivity index (χ1n) is 6.75. The molecule has 1 aromatic carbocycles. The molecule has 0 saturated heterocycles. The third-order valence-electron chi connectivity index (χ3n) is 2.74. The van der Waals surface area contributed by atoms with Crippen LogP contribution in [0, 0.1) is 5.92 Å². The lowest BCUT2D eigenvalue weighted by molar-refractivity contribution is 0.201. The highest BCUT2D eigenvalue weighted by Crippen LogP contribution is 2.20. The molecule has 0 heterocycles. The maximum atomic E-state index is 12.5. The van der Waals surface area contributed by atoms with E-state index in [1.54, 1.807) is 12.1 Å². The van der Waals surface area contributed by atoms with Gasteiger partial charge < -0.3 is 9.84 Å². The number of rotatable bonds is 8. The van der Waals surface area contributed by atoms with Crippen LogP contribution in [0.4, 0.5) is 0 Å². The molecule has 0 spiro atoms. The summed E-state index contributed by atoms with van der Waals surface area (Å²) in [5.74, 6) is 0.821. The highest BCUT2D eigenvalue weighted by atomic mass is 32.2. The van der Waals surface area contributed by atoms with E-state index < -0.39 is 10.0 Å². The molecule has 1 N–H and O–H groups in total. The van der Waals surface area contributed by atoms with Crippen molar-refractivity contribution in [3.63, 3.8) is 0 Å². The second-order valence-electron chi connectivity index (χ2n) is 4.89. The van der Waals surface area contributed by atoms with Crippen LogP contribution in [0.2, 0.25) is 0 Å². The lowest BCUT2D eigenvalue weighted by Crippen LogP contribution is -2.34. The minimum absolute atomic E-state index is 0.0714. The van der Waals surface area contributed by atoms with Crippen molar-refractivity contribution in [2.45, 2.75) is 25.7 Å². The van der Waals surface area contributed by atoms with Gasteiger partial charge in [-0.2, -0.15) is 4.31 Å². The SMILES string of the molecule is CCN(CC(C)C)S(=O)(=O)c1ccc(OCCO)cc1. The molecular formula is C14H23NO4S. The summed E-state index contributed by atoms with van der Waals surface area (Å²) in [6.07, 6.45) is 0. The van der Waals surface area contributed by atoms with Gasteiger partial charge in [-0.1, -0.05) is 20.8 Å². The van der Waals surface area contributed by atoms with Crippen molar-refractivity contribution in [1.82, 2.24) is 4.31 Å². The van der Waals surface area contributed by atoms with Crippen molar-refractivity contribution < 1.29 is 18.3 Å². The smallest absolute Gasteiger partial charge is 0.243 e. The van der Waals surface area contributed by atoms with Crippen molar-refractivity contribution in [3.8, 4) is 5.75 Å². The number of nitrogens with zero attached hydrogens (tertiary/aromatic N) is 1. The first-order valence-corrected chi connectivity index (χ1v) is 8.19. The Bertz CT molecular complexity index is 496. The third kappa shape index (κ3) is 4.47. The van der Waals surface area contributed by atoms with Gasteiger partial charge in [-0.15, -0.1) is 0 Å². The van der Waals surface area contributed by atoms with Gasteiger partial charge in [-0.3, -0.25) is 0 Å². The molecule has 1 aromatic rings. The first kappa shape index (κ1) is 16.9. The minimum atomic E-state index is -3.46. The second-order valence-corrected chi connectivity index (χ2v) is 6.83. The molecular weight excluding hydrogens is 278 g/mol. The van der Waals surface area contributed by atoms with Gasteiger partial charge in [0, 0.05) is 13.1 Å². The van der Waals surface area contributed by atoms with Crippen molar-refractivity contribution >= 4 is 10.0 Å². The topological polar surface area (TPSA) is 66.8 Å². The molecule has 1 rings (SSSR count). The molecule has 0 amide bonds. The lowest BCUT2D eigenvalue weighted by atomic mass is 10.2. The Kier molecular flexibility index (Phi) is 6.45. The Balaban J connectivity index is 2.91. The van der Waals surface area contributed by atoms with Crippen molar-refractivity contribution in [3.05, 3.63) is 24.3 Å². The number of ether oxygens (including phenoxy) is 1. The van der Waals surface area contributed by atoms with E-state index in [0.717, 1.165) is 0 Å². The standard InChI is InChI=1S/C14H23NO4S/c1-4-15(11-12(2)3)20(17,18)14-7-5-13(6-8-14)19-10-9-16/h5-8,12,16H,4,9-11H2,1-3H3. The van der Waals surface area contributed by atoms with Crippen LogP contribution in [0.3, 0.4) is 0 Å². The van der Waals surface area contributed by atoms with Crippen LogP contribution in [0.25, 0.3) is 0 Å². The average Bonchev–Trinajstić information content (AvgIpc) is 2.42. The molecule has 6 heteroatoms. The van der Waals surface area contributed by atoms with Crippen LogP contribution >= 0.6 is 0 Å². The fraction of sp³-hybridized carbons (Fsp3) is 0.571. The van der Waals surface area contributed by atoms with E-state index in [2.05, 4.69) is 0 Å². The van der Waals surface area contributed by atoms with Gasteiger partial charge in [0.15, 0.2) is 0 Å². The quantitative estimate of drug-likeness (QED) is 0.794. The summed E-state index contributed by atoms with van der Waals surface area (Å²) >= 11 is 0. The number of aliphatic hydroxyl groups is 1. The van der Waals surface area contributed by atoms with Gasteiger partial charge in [-0.25, -0.2) is 8.42 Å². The molecule has 0 radical (unpaired) electrons. The fourth-order valence-corrected chi connectivity index (χ4v) is 3.44. The molecule has 0 aromatic heterocycles. The molecule has 0 atom stereocenters. The Morgan fingerprint density at radius 3 is 2.30 bits per heavy atom. The summed E-state index contributed by atoms with van der Waals surface area (Å²) in [6.45, 7) is 6.89. The van der Waals surface area contributed by atoms with E-state index in [0.29, 0.717) is 18.8 Å². The summed E-state index contributed by atoms with van der Waals surface area (Å²) in [7, 11) is -3.46. The second kappa shape index (κ2) is 7.61. The van der Waals surface area contributed by atoms with Gasteiger partial charge in [-0.05, 0) is 30.2 Å². The molecule has 0 aliphatic rings. The number of hydrogen-bond acceptors (Lipinski definition) is 4. The minimum Gasteiger partial charge on any atom is -0.491 e. The summed E-state index contributed by atoms with van der Waals surface area (Å²) < 4.78 is 31.6. The molecule has 0 unspecified atom stereocenters. The van der Waals surface area contributed by atoms with E-state index >= 15 is 0 Å². The predicted octanol–water partition coefficient (Wildman–Crippen LogP) is 1.72. The lowest BCUT2D eigenvalue weighted by Gasteiger charge is -2.22. The molecule has 114 valence electrons. The Labute approximate surface area is 121 Å². The fourth-order valence-electron chi connectivity index (χ4n) is 1.82. The summed E-state index contributed by atoms with van der Waals surface area (Å²) in [5, 5.41) is 8.67. The van der Waals surface area contributed by atoms with Crippen molar-refractivity contribution in [1.29, 1.82) is 0 Å². The van der Waals surface area contributed by atoms with Gasteiger partial charge >= 0.3 is 0 Å². The molecule has 0 aliphatic carbocycles. The summed E-state index contributed by atoms with van der Waals surface area (Å²) in [6, 6.07) is 6.27. The van der Waals surface area contributed by atoms with Crippen LogP contribution in [0.5, 0.6) is 5.75 Å². The normalized spacial score (nSPS) is 12.1. The zero-order chi connectivity index (χ0) is 15.2. The molecule has 0 bridgehead atoms. The Hall–Kier alpha value is -1.11. The highest BCUT2D eigenvalue weighted by Gasteiger charge is 2.23. The Morgan fingerprint density at radius 1 is 1.25 bits per heavy atom. The highest BCUT2D eigenvalue weighted by molar-refractivity contribution is 7.89. The van der Waals surface area contributed by atoms with Crippen molar-refractivity contribution in [2.24, 2.45) is 5.92 Å². The van der Waals surface area contributed by atoms with Crippen LogP contribution in [0.15, 0.2) is 29.2 Å². The molecule has 5 nitrogen and oxygen atoms in total. The number of hydrogen-bond donors (Lipinski definition) is 1. The Morgan fingerprint density at radius 2 is 1.85 bits per heavy atom. The van der Waals surface area contributed by atoms with Crippen LogP contribution < -0.4 is 4.74 Å². The van der Waals surface area contributed by atoms with E-state index in [-0.39, 0.29) is 24.0 Å². The van der Waals surface area contributed by atoms with E-state index in [4.69, 9.17) is 9.84 Å². The van der Waals surface area contributed by atoms with Crippen LogP contribution in [0.1, 0.15) is 20.8 Å². The van der Waals surface area contributed by atoms with Crippen molar-refractivity contribution in [2.75, 3.05) is 26.3 Å². The summed E-state index contributed by atoms with van der Waals surface area (Å²) in [5.41, 5.74) is 0. The zero-order valence-corrected chi connectivity index (χ0v) is 13.1. The van der Waals surface area contributed by atoms with E-state index in [9.17, 15) is 8.42 Å². The maximum absolute atomic E-state index is 12.5.